The van der Waals surface area contributed by atoms with E-state index in [1.807, 2.05) is 6.20 Å². The maximum atomic E-state index is 12.2. The second kappa shape index (κ2) is 5.55. The Hall–Kier alpha value is -2.04. The van der Waals surface area contributed by atoms with Crippen molar-refractivity contribution >= 4 is 17.1 Å². The summed E-state index contributed by atoms with van der Waals surface area (Å²) < 4.78 is 1.77. The zero-order valence-electron chi connectivity index (χ0n) is 12.9. The van der Waals surface area contributed by atoms with E-state index >= 15 is 0 Å². The molecule has 118 valence electrons. The predicted octanol–water partition coefficient (Wildman–Crippen LogP) is 3.37. The van der Waals surface area contributed by atoms with Crippen LogP contribution in [-0.2, 0) is 0 Å². The van der Waals surface area contributed by atoms with Gasteiger partial charge in [0.05, 0.1) is 10.7 Å². The van der Waals surface area contributed by atoms with Crippen LogP contribution in [0.2, 0.25) is 5.02 Å². The smallest absolute Gasteiger partial charge is 0.272 e. The first-order valence-corrected chi connectivity index (χ1v) is 8.17. The quantitative estimate of drug-likeness (QED) is 0.784. The van der Waals surface area contributed by atoms with Gasteiger partial charge in [-0.05, 0) is 43.1 Å². The average molecular weight is 328 g/mol. The summed E-state index contributed by atoms with van der Waals surface area (Å²) in [7, 11) is 2.16. The number of benzene rings is 1. The summed E-state index contributed by atoms with van der Waals surface area (Å²) in [5.74, 6) is 0.610. The van der Waals surface area contributed by atoms with Crippen molar-refractivity contribution in [3.63, 3.8) is 0 Å². The van der Waals surface area contributed by atoms with Crippen molar-refractivity contribution in [2.24, 2.45) is 0 Å². The SMILES string of the molecule is CN1CCC(c2ccc(-c3cn4cc(Cl)cc4c(=O)[nH]3)cc2)C1. The van der Waals surface area contributed by atoms with Crippen LogP contribution in [-0.4, -0.2) is 34.4 Å². The molecule has 0 bridgehead atoms. The highest BCUT2D eigenvalue weighted by Crippen LogP contribution is 2.28. The molecule has 4 rings (SSSR count). The Labute approximate surface area is 139 Å². The molecule has 1 N–H and O–H groups in total. The van der Waals surface area contributed by atoms with Gasteiger partial charge in [0.15, 0.2) is 0 Å². The molecule has 3 aromatic rings. The van der Waals surface area contributed by atoms with E-state index in [1.54, 1.807) is 16.7 Å². The van der Waals surface area contributed by atoms with Gasteiger partial charge in [0, 0.05) is 18.9 Å². The number of rotatable bonds is 2. The van der Waals surface area contributed by atoms with E-state index in [2.05, 4.69) is 41.2 Å². The normalized spacial score (nSPS) is 18.8. The van der Waals surface area contributed by atoms with Crippen molar-refractivity contribution in [2.45, 2.75) is 12.3 Å². The van der Waals surface area contributed by atoms with E-state index in [-0.39, 0.29) is 5.56 Å². The van der Waals surface area contributed by atoms with E-state index in [0.717, 1.165) is 24.3 Å². The van der Waals surface area contributed by atoms with E-state index in [4.69, 9.17) is 11.6 Å². The van der Waals surface area contributed by atoms with Crippen LogP contribution >= 0.6 is 11.6 Å². The minimum absolute atomic E-state index is 0.129. The summed E-state index contributed by atoms with van der Waals surface area (Å²) in [4.78, 5) is 17.5. The summed E-state index contributed by atoms with van der Waals surface area (Å²) in [6, 6.07) is 10.2. The van der Waals surface area contributed by atoms with Crippen LogP contribution in [0.4, 0.5) is 0 Å². The highest BCUT2D eigenvalue weighted by atomic mass is 35.5. The van der Waals surface area contributed by atoms with Crippen molar-refractivity contribution < 1.29 is 0 Å². The van der Waals surface area contributed by atoms with Crippen LogP contribution in [0.3, 0.4) is 0 Å². The molecule has 1 unspecified atom stereocenters. The minimum Gasteiger partial charge on any atom is -0.319 e. The number of nitrogens with zero attached hydrogens (tertiary/aromatic N) is 2. The fourth-order valence-electron chi connectivity index (χ4n) is 3.38. The van der Waals surface area contributed by atoms with Crippen LogP contribution in [0.1, 0.15) is 17.9 Å². The van der Waals surface area contributed by atoms with E-state index in [1.165, 1.54) is 12.0 Å². The number of hydrogen-bond donors (Lipinski definition) is 1. The third-order valence-electron chi connectivity index (χ3n) is 4.65. The van der Waals surface area contributed by atoms with Gasteiger partial charge < -0.3 is 14.3 Å². The number of H-pyrrole nitrogens is 1. The zero-order valence-corrected chi connectivity index (χ0v) is 13.7. The lowest BCUT2D eigenvalue weighted by atomic mass is 9.97. The molecule has 2 aromatic heterocycles. The van der Waals surface area contributed by atoms with E-state index in [9.17, 15) is 4.79 Å². The van der Waals surface area contributed by atoms with Gasteiger partial charge in [-0.25, -0.2) is 0 Å². The number of fused-ring (bicyclic) bond motifs is 1. The molecule has 0 amide bonds. The average Bonchev–Trinajstić information content (AvgIpc) is 3.13. The molecule has 3 heterocycles. The summed E-state index contributed by atoms with van der Waals surface area (Å²) in [5, 5.41) is 0.563. The Morgan fingerprint density at radius 3 is 2.70 bits per heavy atom. The minimum atomic E-state index is -0.129. The zero-order chi connectivity index (χ0) is 16.0. The van der Waals surface area contributed by atoms with E-state index < -0.39 is 0 Å². The monoisotopic (exact) mass is 327 g/mol. The number of aromatic nitrogens is 2. The highest BCUT2D eigenvalue weighted by molar-refractivity contribution is 6.31. The Kier molecular flexibility index (Phi) is 3.51. The second-order valence-electron chi connectivity index (χ2n) is 6.32. The number of likely N-dealkylation sites (N-methyl/N-ethyl adjacent to an activating group) is 1. The maximum absolute atomic E-state index is 12.2. The summed E-state index contributed by atoms with van der Waals surface area (Å²) >= 11 is 5.98. The van der Waals surface area contributed by atoms with E-state index in [0.29, 0.717) is 16.5 Å². The molecule has 0 aliphatic carbocycles. The van der Waals surface area contributed by atoms with Gasteiger partial charge >= 0.3 is 0 Å². The molecular formula is C18H18ClN3O. The molecule has 0 spiro atoms. The summed E-state index contributed by atoms with van der Waals surface area (Å²) in [5.41, 5.74) is 3.60. The molecule has 23 heavy (non-hydrogen) atoms. The molecule has 1 aliphatic rings. The van der Waals surface area contributed by atoms with Gasteiger partial charge in [-0.2, -0.15) is 0 Å². The Bertz CT molecular complexity index is 910. The van der Waals surface area contributed by atoms with Crippen LogP contribution in [0.25, 0.3) is 16.8 Å². The summed E-state index contributed by atoms with van der Waals surface area (Å²) in [6.07, 6.45) is 4.86. The van der Waals surface area contributed by atoms with Crippen molar-refractivity contribution in [3.05, 3.63) is 63.7 Å². The van der Waals surface area contributed by atoms with Crippen LogP contribution in [0, 0.1) is 0 Å². The van der Waals surface area contributed by atoms with Crippen molar-refractivity contribution in [3.8, 4) is 11.3 Å². The Balaban J connectivity index is 1.69. The largest absolute Gasteiger partial charge is 0.319 e. The van der Waals surface area contributed by atoms with Gasteiger partial charge in [0.1, 0.15) is 5.52 Å². The molecule has 0 saturated carbocycles. The number of nitrogens with one attached hydrogen (secondary N) is 1. The van der Waals surface area contributed by atoms with Gasteiger partial charge in [0.2, 0.25) is 0 Å². The van der Waals surface area contributed by atoms with Crippen LogP contribution in [0.5, 0.6) is 0 Å². The topological polar surface area (TPSA) is 40.5 Å². The lowest BCUT2D eigenvalue weighted by molar-refractivity contribution is 0.411. The van der Waals surface area contributed by atoms with Crippen LogP contribution in [0.15, 0.2) is 47.5 Å². The first-order valence-electron chi connectivity index (χ1n) is 7.79. The molecule has 0 radical (unpaired) electrons. The summed E-state index contributed by atoms with van der Waals surface area (Å²) in [6.45, 7) is 2.27. The highest BCUT2D eigenvalue weighted by Gasteiger charge is 2.20. The molecule has 1 saturated heterocycles. The molecule has 5 heteroatoms. The number of halogens is 1. The van der Waals surface area contributed by atoms with Gasteiger partial charge in [-0.1, -0.05) is 35.9 Å². The number of hydrogen-bond acceptors (Lipinski definition) is 2. The van der Waals surface area contributed by atoms with Gasteiger partial charge in [-0.15, -0.1) is 0 Å². The van der Waals surface area contributed by atoms with Crippen LogP contribution < -0.4 is 5.56 Å². The molecular weight excluding hydrogens is 310 g/mol. The maximum Gasteiger partial charge on any atom is 0.272 e. The third kappa shape index (κ3) is 2.69. The van der Waals surface area contributed by atoms with Crippen molar-refractivity contribution in [2.75, 3.05) is 20.1 Å². The number of likely N-dealkylation sites (tertiary alicyclic amines) is 1. The third-order valence-corrected chi connectivity index (χ3v) is 4.86. The molecule has 1 aliphatic heterocycles. The Morgan fingerprint density at radius 1 is 1.22 bits per heavy atom. The standard InChI is InChI=1S/C18H18ClN3O/c1-21-7-6-14(9-21)12-2-4-13(5-3-12)16-11-22-10-15(19)8-17(22)18(23)20-16/h2-5,8,10-11,14H,6-7,9H2,1H3,(H,20,23). The second-order valence-corrected chi connectivity index (χ2v) is 6.75. The lowest BCUT2D eigenvalue weighted by Gasteiger charge is -2.11. The first-order chi connectivity index (χ1) is 11.1. The van der Waals surface area contributed by atoms with Crippen molar-refractivity contribution in [1.82, 2.24) is 14.3 Å². The predicted molar refractivity (Wildman–Crippen MR) is 93.3 cm³/mol. The lowest BCUT2D eigenvalue weighted by Crippen LogP contribution is -2.13. The fourth-order valence-corrected chi connectivity index (χ4v) is 3.59. The molecule has 1 aromatic carbocycles. The fraction of sp³-hybridized carbons (Fsp3) is 0.278. The van der Waals surface area contributed by atoms with Crippen molar-refractivity contribution in [1.29, 1.82) is 0 Å². The van der Waals surface area contributed by atoms with Gasteiger partial charge in [0.25, 0.3) is 5.56 Å². The molecule has 1 atom stereocenters. The molecule has 4 nitrogen and oxygen atoms in total. The number of aromatic amines is 1. The Morgan fingerprint density at radius 2 is 2.00 bits per heavy atom. The molecule has 1 fully saturated rings. The van der Waals surface area contributed by atoms with Gasteiger partial charge in [-0.3, -0.25) is 4.79 Å². The first kappa shape index (κ1) is 14.5.